The van der Waals surface area contributed by atoms with E-state index in [2.05, 4.69) is 15.3 Å². The molecule has 32 heavy (non-hydrogen) atoms. The van der Waals surface area contributed by atoms with Crippen molar-refractivity contribution in [3.63, 3.8) is 0 Å². The maximum absolute atomic E-state index is 13.8. The SMILES string of the molecule is COC(C)C(=O)N(c1cc(F)nc(F)c1)c1nc(C(=O)NC2CCC23CCCC3)c(C)s1. The van der Waals surface area contributed by atoms with Gasteiger partial charge in [0.1, 0.15) is 11.8 Å². The van der Waals surface area contributed by atoms with Crippen LogP contribution in [0, 0.1) is 24.2 Å². The van der Waals surface area contributed by atoms with E-state index in [-0.39, 0.29) is 33.9 Å². The zero-order chi connectivity index (χ0) is 23.0. The molecule has 2 aliphatic carbocycles. The lowest BCUT2D eigenvalue weighted by atomic mass is 9.63. The maximum Gasteiger partial charge on any atom is 0.271 e. The number of ether oxygens (including phenoxy) is 1. The molecule has 7 nitrogen and oxygen atoms in total. The zero-order valence-corrected chi connectivity index (χ0v) is 19.1. The van der Waals surface area contributed by atoms with Gasteiger partial charge in [-0.15, -0.1) is 11.3 Å². The predicted molar refractivity (Wildman–Crippen MR) is 116 cm³/mol. The summed E-state index contributed by atoms with van der Waals surface area (Å²) in [6.07, 6.45) is 5.85. The van der Waals surface area contributed by atoms with E-state index in [0.29, 0.717) is 4.88 Å². The molecule has 2 amide bonds. The molecule has 1 spiro atoms. The normalized spacial score (nSPS) is 20.1. The lowest BCUT2D eigenvalue weighted by Crippen LogP contribution is -2.54. The number of nitrogens with one attached hydrogen (secondary N) is 1. The van der Waals surface area contributed by atoms with Crippen LogP contribution in [0.15, 0.2) is 12.1 Å². The Balaban J connectivity index is 1.63. The second-order valence-electron chi connectivity index (χ2n) is 8.56. The molecule has 0 aliphatic heterocycles. The molecule has 172 valence electrons. The van der Waals surface area contributed by atoms with Crippen LogP contribution >= 0.6 is 11.3 Å². The summed E-state index contributed by atoms with van der Waals surface area (Å²) < 4.78 is 32.7. The Kier molecular flexibility index (Phi) is 6.26. The van der Waals surface area contributed by atoms with E-state index in [1.807, 2.05) is 0 Å². The molecule has 10 heteroatoms. The summed E-state index contributed by atoms with van der Waals surface area (Å²) in [5, 5.41) is 3.26. The summed E-state index contributed by atoms with van der Waals surface area (Å²) in [5.74, 6) is -3.00. The highest BCUT2D eigenvalue weighted by Gasteiger charge is 2.49. The van der Waals surface area contributed by atoms with Gasteiger partial charge in [0.05, 0.1) is 5.69 Å². The third-order valence-corrected chi connectivity index (χ3v) is 7.65. The Bertz CT molecular complexity index is 1020. The highest BCUT2D eigenvalue weighted by Crippen LogP contribution is 2.53. The molecule has 2 fully saturated rings. The van der Waals surface area contributed by atoms with Crippen molar-refractivity contribution in [1.82, 2.24) is 15.3 Å². The van der Waals surface area contributed by atoms with Crippen molar-refractivity contribution in [2.45, 2.75) is 64.5 Å². The van der Waals surface area contributed by atoms with E-state index in [9.17, 15) is 18.4 Å². The van der Waals surface area contributed by atoms with Gasteiger partial charge in [-0.3, -0.25) is 14.5 Å². The molecular formula is C22H26F2N4O3S. The Hall–Kier alpha value is -2.46. The van der Waals surface area contributed by atoms with Crippen LogP contribution in [0.2, 0.25) is 0 Å². The molecule has 2 aromatic heterocycles. The van der Waals surface area contributed by atoms with E-state index < -0.39 is 23.9 Å². The van der Waals surface area contributed by atoms with E-state index in [1.165, 1.54) is 26.9 Å². The number of nitrogens with zero attached hydrogens (tertiary/aromatic N) is 3. The molecule has 1 N–H and O–H groups in total. The van der Waals surface area contributed by atoms with E-state index in [0.717, 1.165) is 54.1 Å². The van der Waals surface area contributed by atoms with Gasteiger partial charge in [-0.25, -0.2) is 4.98 Å². The number of carbonyl (C=O) groups excluding carboxylic acids is 2. The Morgan fingerprint density at radius 1 is 1.22 bits per heavy atom. The molecule has 4 rings (SSSR count). The van der Waals surface area contributed by atoms with Gasteiger partial charge < -0.3 is 10.1 Å². The van der Waals surface area contributed by atoms with Crippen LogP contribution in [-0.4, -0.2) is 41.0 Å². The van der Waals surface area contributed by atoms with Gasteiger partial charge in [-0.1, -0.05) is 12.8 Å². The van der Waals surface area contributed by atoms with Crippen molar-refractivity contribution in [3.8, 4) is 0 Å². The third-order valence-electron chi connectivity index (χ3n) is 6.69. The number of halogens is 2. The molecule has 2 saturated carbocycles. The smallest absolute Gasteiger partial charge is 0.271 e. The van der Waals surface area contributed by atoms with Crippen molar-refractivity contribution in [1.29, 1.82) is 0 Å². The highest BCUT2D eigenvalue weighted by atomic mass is 32.1. The first-order valence-electron chi connectivity index (χ1n) is 10.7. The maximum atomic E-state index is 13.8. The monoisotopic (exact) mass is 464 g/mol. The number of pyridine rings is 1. The summed E-state index contributed by atoms with van der Waals surface area (Å²) in [5.41, 5.74) is 0.348. The topological polar surface area (TPSA) is 84.4 Å². The average Bonchev–Trinajstić information content (AvgIpc) is 3.38. The van der Waals surface area contributed by atoms with Gasteiger partial charge in [0.15, 0.2) is 5.13 Å². The molecule has 2 aromatic rings. The summed E-state index contributed by atoms with van der Waals surface area (Å²) in [4.78, 5) is 35.2. The first-order valence-corrected chi connectivity index (χ1v) is 11.5. The number of methoxy groups -OCH3 is 1. The van der Waals surface area contributed by atoms with Gasteiger partial charge >= 0.3 is 0 Å². The minimum Gasteiger partial charge on any atom is -0.372 e. The van der Waals surface area contributed by atoms with Crippen molar-refractivity contribution in [3.05, 3.63) is 34.6 Å². The molecule has 2 heterocycles. The van der Waals surface area contributed by atoms with Gasteiger partial charge in [-0.05, 0) is 44.9 Å². The third kappa shape index (κ3) is 4.13. The second kappa shape index (κ2) is 8.82. The van der Waals surface area contributed by atoms with Gasteiger partial charge in [0, 0.05) is 30.2 Å². The summed E-state index contributed by atoms with van der Waals surface area (Å²) >= 11 is 1.10. The quantitative estimate of drug-likeness (QED) is 0.645. The lowest BCUT2D eigenvalue weighted by molar-refractivity contribution is -0.126. The first kappa shape index (κ1) is 22.7. The second-order valence-corrected chi connectivity index (χ2v) is 9.74. The molecule has 0 saturated heterocycles. The molecule has 0 aromatic carbocycles. The van der Waals surface area contributed by atoms with Crippen molar-refractivity contribution < 1.29 is 23.1 Å². The van der Waals surface area contributed by atoms with Crippen molar-refractivity contribution in [2.24, 2.45) is 5.41 Å². The minimum absolute atomic E-state index is 0.0755. The summed E-state index contributed by atoms with van der Waals surface area (Å²) in [6, 6.07) is 2.02. The van der Waals surface area contributed by atoms with E-state index >= 15 is 0 Å². The van der Waals surface area contributed by atoms with Crippen LogP contribution in [0.5, 0.6) is 0 Å². The van der Waals surface area contributed by atoms with Crippen LogP contribution in [0.25, 0.3) is 0 Å². The van der Waals surface area contributed by atoms with Crippen molar-refractivity contribution in [2.75, 3.05) is 12.0 Å². The number of carbonyl (C=O) groups is 2. The van der Waals surface area contributed by atoms with Crippen LogP contribution in [0.3, 0.4) is 0 Å². The van der Waals surface area contributed by atoms with E-state index in [4.69, 9.17) is 4.74 Å². The van der Waals surface area contributed by atoms with Gasteiger partial charge in [0.2, 0.25) is 11.9 Å². The number of hydrogen-bond donors (Lipinski definition) is 1. The Morgan fingerprint density at radius 2 is 1.88 bits per heavy atom. The number of aromatic nitrogens is 2. The minimum atomic E-state index is -1.07. The average molecular weight is 465 g/mol. The molecule has 2 unspecified atom stereocenters. The van der Waals surface area contributed by atoms with Gasteiger partial charge in [0.25, 0.3) is 11.8 Å². The summed E-state index contributed by atoms with van der Waals surface area (Å²) in [7, 11) is 1.36. The van der Waals surface area contributed by atoms with Gasteiger partial charge in [-0.2, -0.15) is 13.8 Å². The number of hydrogen-bond acceptors (Lipinski definition) is 6. The lowest BCUT2D eigenvalue weighted by Gasteiger charge is -2.47. The highest BCUT2D eigenvalue weighted by molar-refractivity contribution is 7.16. The van der Waals surface area contributed by atoms with Crippen molar-refractivity contribution >= 4 is 34.0 Å². The number of rotatable bonds is 6. The Morgan fingerprint density at radius 3 is 2.44 bits per heavy atom. The summed E-state index contributed by atoms with van der Waals surface area (Å²) in [6.45, 7) is 3.26. The molecule has 2 atom stereocenters. The number of thiazole rings is 1. The largest absolute Gasteiger partial charge is 0.372 e. The standard InChI is InChI=1S/C22H26F2N4O3S/c1-12(31-3)20(30)28(14-10-16(23)26-17(24)11-14)21-27-18(13(2)32-21)19(29)25-15-6-9-22(15)7-4-5-8-22/h10-12,15H,4-9H2,1-3H3,(H,25,29). The predicted octanol–water partition coefficient (Wildman–Crippen LogP) is 4.28. The van der Waals surface area contributed by atoms with Crippen LogP contribution in [0.1, 0.15) is 60.8 Å². The van der Waals surface area contributed by atoms with Crippen LogP contribution < -0.4 is 10.2 Å². The first-order chi connectivity index (χ1) is 15.2. The fraction of sp³-hybridized carbons (Fsp3) is 0.545. The molecule has 0 radical (unpaired) electrons. The van der Waals surface area contributed by atoms with Crippen LogP contribution in [0.4, 0.5) is 19.6 Å². The Labute approximate surface area is 189 Å². The van der Waals surface area contributed by atoms with E-state index in [1.54, 1.807) is 6.92 Å². The molecule has 0 bridgehead atoms. The fourth-order valence-corrected chi connectivity index (χ4v) is 5.64. The number of amides is 2. The fourth-order valence-electron chi connectivity index (χ4n) is 4.71. The zero-order valence-electron chi connectivity index (χ0n) is 18.3. The number of anilines is 2. The van der Waals surface area contributed by atoms with Crippen LogP contribution in [-0.2, 0) is 9.53 Å². The molecule has 2 aliphatic rings. The molecular weight excluding hydrogens is 438 g/mol. The number of aryl methyl sites for hydroxylation is 1.